The number of allylic oxidation sites excluding steroid dienone is 2. The van der Waals surface area contributed by atoms with E-state index in [9.17, 15) is 33.5 Å². The molecule has 1 aromatic carbocycles. The lowest BCUT2D eigenvalue weighted by Crippen LogP contribution is -2.60. The van der Waals surface area contributed by atoms with Gasteiger partial charge in [0.05, 0.1) is 11.8 Å². The average molecular weight is 581 g/mol. The van der Waals surface area contributed by atoms with Crippen molar-refractivity contribution in [3.8, 4) is 5.75 Å². The van der Waals surface area contributed by atoms with Crippen molar-refractivity contribution in [2.75, 3.05) is 13.6 Å². The summed E-state index contributed by atoms with van der Waals surface area (Å²) >= 11 is 14.0. The van der Waals surface area contributed by atoms with Gasteiger partial charge in [-0.25, -0.2) is 4.39 Å². The smallest absolute Gasteiger partial charge is 0.303 e. The van der Waals surface area contributed by atoms with Crippen LogP contribution in [-0.2, 0) is 24.0 Å². The van der Waals surface area contributed by atoms with Crippen LogP contribution in [0.15, 0.2) is 29.8 Å². The van der Waals surface area contributed by atoms with E-state index in [1.807, 2.05) is 0 Å². The molecule has 1 saturated carbocycles. The van der Waals surface area contributed by atoms with Crippen LogP contribution in [0.3, 0.4) is 0 Å². The zero-order valence-electron chi connectivity index (χ0n) is 21.0. The van der Waals surface area contributed by atoms with Crippen LogP contribution in [0, 0.1) is 23.6 Å². The SMILES string of the molecule is CN1C(=O)[C@]2(Cl)C[C@@H]3C(=CC[C@@H]4C(=O)N(CCCCCC(=O)O)C(=O)[C@@H]43)[C@H](c3cccc(F)c3O)[C@]2(Cl)C1=O. The third kappa shape index (κ3) is 3.82. The number of aliphatic carboxylic acids is 1. The lowest BCUT2D eigenvalue weighted by atomic mass is 9.56. The van der Waals surface area contributed by atoms with Crippen molar-refractivity contribution >= 4 is 52.8 Å². The van der Waals surface area contributed by atoms with Gasteiger partial charge in [0.1, 0.15) is 0 Å². The highest BCUT2D eigenvalue weighted by Gasteiger charge is 2.76. The third-order valence-electron chi connectivity index (χ3n) is 8.71. The number of nitrogens with zero attached hydrogens (tertiary/aromatic N) is 2. The first-order valence-electron chi connectivity index (χ1n) is 12.8. The average Bonchev–Trinajstić information content (AvgIpc) is 3.20. The lowest BCUT2D eigenvalue weighted by molar-refractivity contribution is -0.141. The Morgan fingerprint density at radius 2 is 1.79 bits per heavy atom. The normalized spacial score (nSPS) is 33.7. The number of hydrogen-bond donors (Lipinski definition) is 2. The van der Waals surface area contributed by atoms with Gasteiger partial charge < -0.3 is 10.2 Å². The Morgan fingerprint density at radius 1 is 1.08 bits per heavy atom. The Hall–Kier alpha value is -2.98. The summed E-state index contributed by atoms with van der Waals surface area (Å²) in [7, 11) is 1.25. The molecule has 0 bridgehead atoms. The summed E-state index contributed by atoms with van der Waals surface area (Å²) in [6.07, 6.45) is 3.05. The van der Waals surface area contributed by atoms with Crippen molar-refractivity contribution in [1.82, 2.24) is 9.80 Å². The van der Waals surface area contributed by atoms with Gasteiger partial charge in [-0.15, -0.1) is 23.2 Å². The maximum Gasteiger partial charge on any atom is 0.303 e. The quantitative estimate of drug-likeness (QED) is 0.219. The highest BCUT2D eigenvalue weighted by atomic mass is 35.5. The predicted molar refractivity (Wildman–Crippen MR) is 136 cm³/mol. The number of hydrogen-bond acceptors (Lipinski definition) is 6. The Morgan fingerprint density at radius 3 is 2.49 bits per heavy atom. The van der Waals surface area contributed by atoms with Crippen LogP contribution < -0.4 is 0 Å². The molecule has 0 unspecified atom stereocenters. The van der Waals surface area contributed by atoms with Crippen LogP contribution in [0.25, 0.3) is 0 Å². The molecule has 2 saturated heterocycles. The molecule has 9 nitrogen and oxygen atoms in total. The first-order chi connectivity index (χ1) is 18.4. The molecule has 1 aromatic rings. The van der Waals surface area contributed by atoms with Gasteiger partial charge in [-0.1, -0.05) is 30.2 Å². The molecule has 0 spiro atoms. The maximum atomic E-state index is 14.5. The van der Waals surface area contributed by atoms with Crippen LogP contribution in [0.4, 0.5) is 4.39 Å². The topological polar surface area (TPSA) is 132 Å². The van der Waals surface area contributed by atoms with Gasteiger partial charge in [-0.05, 0) is 37.7 Å². The molecule has 0 aromatic heterocycles. The first-order valence-corrected chi connectivity index (χ1v) is 13.6. The Labute approximate surface area is 233 Å². The minimum atomic E-state index is -2.10. The molecule has 4 amide bonds. The first kappa shape index (κ1) is 27.6. The number of unbranched alkanes of at least 4 members (excludes halogenated alkanes) is 2. The fraction of sp³-hybridized carbons (Fsp3) is 0.519. The highest BCUT2D eigenvalue weighted by Crippen LogP contribution is 2.66. The summed E-state index contributed by atoms with van der Waals surface area (Å²) < 4.78 is 14.5. The maximum absolute atomic E-state index is 14.5. The van der Waals surface area contributed by atoms with Gasteiger partial charge in [0.2, 0.25) is 11.8 Å². The van der Waals surface area contributed by atoms with Crippen LogP contribution in [0.5, 0.6) is 5.75 Å². The molecule has 2 heterocycles. The van der Waals surface area contributed by atoms with Crippen molar-refractivity contribution in [3.05, 3.63) is 41.2 Å². The van der Waals surface area contributed by atoms with Gasteiger partial charge in [0.25, 0.3) is 11.8 Å². The zero-order chi connectivity index (χ0) is 28.4. The summed E-state index contributed by atoms with van der Waals surface area (Å²) in [5.41, 5.74) is 0.428. The number of phenols is 1. The number of aromatic hydroxyl groups is 1. The van der Waals surface area contributed by atoms with Crippen molar-refractivity contribution < 1.29 is 38.6 Å². The number of amides is 4. The monoisotopic (exact) mass is 580 g/mol. The number of benzene rings is 1. The van der Waals surface area contributed by atoms with Gasteiger partial charge in [-0.3, -0.25) is 33.8 Å². The zero-order valence-corrected chi connectivity index (χ0v) is 22.5. The highest BCUT2D eigenvalue weighted by molar-refractivity contribution is 6.53. The Bertz CT molecular complexity index is 1330. The van der Waals surface area contributed by atoms with Gasteiger partial charge in [0, 0.05) is 31.5 Å². The van der Waals surface area contributed by atoms with E-state index in [0.29, 0.717) is 24.8 Å². The Kier molecular flexibility index (Phi) is 6.78. The van der Waals surface area contributed by atoms with E-state index in [2.05, 4.69) is 0 Å². The van der Waals surface area contributed by atoms with E-state index in [-0.39, 0.29) is 37.3 Å². The third-order valence-corrected chi connectivity index (χ3v) is 10.1. The predicted octanol–water partition coefficient (Wildman–Crippen LogP) is 3.16. The van der Waals surface area contributed by atoms with Crippen LogP contribution in [0.2, 0.25) is 0 Å². The van der Waals surface area contributed by atoms with E-state index in [0.717, 1.165) is 11.0 Å². The molecule has 2 aliphatic carbocycles. The summed E-state index contributed by atoms with van der Waals surface area (Å²) in [5.74, 6) is -8.55. The summed E-state index contributed by atoms with van der Waals surface area (Å²) in [6.45, 7) is 0.131. The van der Waals surface area contributed by atoms with E-state index >= 15 is 0 Å². The molecule has 208 valence electrons. The molecular weight excluding hydrogens is 554 g/mol. The number of imide groups is 2. The standard InChI is InChI=1S/C27H27Cl2FN2O7/c1-31-24(38)26(28)12-16-13(20(27(26,29)25(31)39)15-6-5-7-17(30)21(15)35)9-10-14-19(16)23(37)32(22(14)36)11-4-2-3-8-18(33)34/h5-7,9,14,16,19-20,35H,2-4,8,10-12H2,1H3,(H,33,34)/t14-,16+,19-,20+,26+,27-/m0/s1. The number of carbonyl (C=O) groups is 5. The number of para-hydroxylation sites is 1. The molecule has 4 aliphatic rings. The number of carboxylic acids is 1. The number of phenolic OH excluding ortho intramolecular Hbond substituents is 1. The molecule has 2 N–H and O–H groups in total. The molecule has 5 rings (SSSR count). The molecule has 6 atom stereocenters. The van der Waals surface area contributed by atoms with E-state index in [1.54, 1.807) is 6.08 Å². The van der Waals surface area contributed by atoms with Gasteiger partial charge in [-0.2, -0.15) is 0 Å². The van der Waals surface area contributed by atoms with E-state index in [4.69, 9.17) is 28.3 Å². The van der Waals surface area contributed by atoms with E-state index < -0.39 is 68.7 Å². The largest absolute Gasteiger partial charge is 0.505 e. The minimum absolute atomic E-state index is 0.00398. The second kappa shape index (κ2) is 9.59. The molecule has 2 aliphatic heterocycles. The number of carbonyl (C=O) groups excluding carboxylic acids is 4. The summed E-state index contributed by atoms with van der Waals surface area (Å²) in [5, 5.41) is 19.5. The van der Waals surface area contributed by atoms with Crippen LogP contribution in [-0.4, -0.2) is 73.0 Å². The minimum Gasteiger partial charge on any atom is -0.505 e. The van der Waals surface area contributed by atoms with Crippen molar-refractivity contribution in [2.24, 2.45) is 17.8 Å². The number of fused-ring (bicyclic) bond motifs is 4. The van der Waals surface area contributed by atoms with Crippen molar-refractivity contribution in [1.29, 1.82) is 0 Å². The number of carboxylic acid groups (broad SMARTS) is 1. The van der Waals surface area contributed by atoms with Crippen LogP contribution in [0.1, 0.15) is 50.0 Å². The molecule has 0 radical (unpaired) electrons. The van der Waals surface area contributed by atoms with E-state index in [1.165, 1.54) is 24.1 Å². The molecule has 39 heavy (non-hydrogen) atoms. The Balaban J connectivity index is 1.54. The fourth-order valence-electron chi connectivity index (χ4n) is 6.86. The van der Waals surface area contributed by atoms with Crippen molar-refractivity contribution in [2.45, 2.75) is 54.2 Å². The number of rotatable bonds is 7. The number of halogens is 3. The second-order valence-corrected chi connectivity index (χ2v) is 11.9. The van der Waals surface area contributed by atoms with Crippen molar-refractivity contribution in [3.63, 3.8) is 0 Å². The van der Waals surface area contributed by atoms with Crippen LogP contribution >= 0.6 is 23.2 Å². The van der Waals surface area contributed by atoms with Gasteiger partial charge in [0.15, 0.2) is 21.3 Å². The lowest BCUT2D eigenvalue weighted by Gasteiger charge is -2.50. The molecule has 3 fully saturated rings. The fourth-order valence-corrected chi connectivity index (χ4v) is 7.87. The van der Waals surface area contributed by atoms with Gasteiger partial charge >= 0.3 is 5.97 Å². The number of likely N-dealkylation sites (tertiary alicyclic amines) is 2. The summed E-state index contributed by atoms with van der Waals surface area (Å²) in [6, 6.07) is 3.79. The summed E-state index contributed by atoms with van der Waals surface area (Å²) in [4.78, 5) is 62.4. The second-order valence-electron chi connectivity index (χ2n) is 10.7. The molecular formula is C27H27Cl2FN2O7. The number of alkyl halides is 2. The molecule has 12 heteroatoms.